The molecule has 0 saturated carbocycles. The number of hydrogen-bond donors (Lipinski definition) is 2. The summed E-state index contributed by atoms with van der Waals surface area (Å²) in [6.07, 6.45) is 0. The molecule has 0 radical (unpaired) electrons. The van der Waals surface area contributed by atoms with Gasteiger partial charge in [-0.25, -0.2) is 0 Å². The van der Waals surface area contributed by atoms with E-state index < -0.39 is 0 Å². The van der Waals surface area contributed by atoms with Gasteiger partial charge in [0.05, 0.1) is 12.6 Å². The van der Waals surface area contributed by atoms with Crippen LogP contribution in [0.15, 0.2) is 17.5 Å². The number of rotatable bonds is 6. The highest BCUT2D eigenvalue weighted by molar-refractivity contribution is 7.10. The summed E-state index contributed by atoms with van der Waals surface area (Å²) >= 11 is 1.69. The van der Waals surface area contributed by atoms with Crippen LogP contribution < -0.4 is 15.4 Å². The number of thiophene rings is 1. The molecule has 0 fully saturated rings. The van der Waals surface area contributed by atoms with Crippen LogP contribution in [0.3, 0.4) is 0 Å². The number of aromatic nitrogens is 3. The highest BCUT2D eigenvalue weighted by Gasteiger charge is 2.11. The zero-order chi connectivity index (χ0) is 13.7. The van der Waals surface area contributed by atoms with Crippen LogP contribution in [0.1, 0.15) is 24.8 Å². The second-order valence-corrected chi connectivity index (χ2v) is 4.81. The molecule has 2 heterocycles. The van der Waals surface area contributed by atoms with Crippen molar-refractivity contribution >= 4 is 23.2 Å². The molecule has 0 bridgehead atoms. The van der Waals surface area contributed by atoms with Crippen LogP contribution in [0.2, 0.25) is 0 Å². The fourth-order valence-electron chi connectivity index (χ4n) is 1.53. The molecule has 7 heteroatoms. The lowest BCUT2D eigenvalue weighted by molar-refractivity contribution is 0.312. The van der Waals surface area contributed by atoms with Crippen LogP contribution >= 0.6 is 11.3 Å². The van der Waals surface area contributed by atoms with Crippen molar-refractivity contribution in [2.24, 2.45) is 0 Å². The summed E-state index contributed by atoms with van der Waals surface area (Å²) in [5, 5.41) is 8.19. The molecule has 0 aliphatic heterocycles. The molecule has 2 rings (SSSR count). The van der Waals surface area contributed by atoms with Gasteiger partial charge in [-0.1, -0.05) is 6.07 Å². The molecule has 1 unspecified atom stereocenters. The maximum Gasteiger partial charge on any atom is 0.323 e. The molecule has 19 heavy (non-hydrogen) atoms. The van der Waals surface area contributed by atoms with Crippen LogP contribution in [-0.2, 0) is 0 Å². The van der Waals surface area contributed by atoms with Gasteiger partial charge in [0.1, 0.15) is 0 Å². The monoisotopic (exact) mass is 279 g/mol. The highest BCUT2D eigenvalue weighted by Crippen LogP contribution is 2.22. The van der Waals surface area contributed by atoms with Crippen molar-refractivity contribution in [3.63, 3.8) is 0 Å². The van der Waals surface area contributed by atoms with E-state index >= 15 is 0 Å². The van der Waals surface area contributed by atoms with E-state index in [4.69, 9.17) is 4.74 Å². The van der Waals surface area contributed by atoms with Gasteiger partial charge in [-0.05, 0) is 25.3 Å². The summed E-state index contributed by atoms with van der Waals surface area (Å²) in [5.41, 5.74) is 0. The third-order valence-corrected chi connectivity index (χ3v) is 3.48. The number of anilines is 2. The topological polar surface area (TPSA) is 72.0 Å². The van der Waals surface area contributed by atoms with Crippen LogP contribution in [0, 0.1) is 0 Å². The summed E-state index contributed by atoms with van der Waals surface area (Å²) in [6, 6.07) is 4.56. The minimum atomic E-state index is 0.140. The van der Waals surface area contributed by atoms with E-state index in [0.717, 1.165) is 0 Å². The first-order chi connectivity index (χ1) is 9.22. The number of nitrogens with one attached hydrogen (secondary N) is 2. The Morgan fingerprint density at radius 1 is 1.32 bits per heavy atom. The van der Waals surface area contributed by atoms with E-state index in [0.29, 0.717) is 24.5 Å². The summed E-state index contributed by atoms with van der Waals surface area (Å²) < 4.78 is 5.32. The lowest BCUT2D eigenvalue weighted by Crippen LogP contribution is -2.11. The van der Waals surface area contributed by atoms with Crippen LogP contribution in [0.5, 0.6) is 6.01 Å². The smallest absolute Gasteiger partial charge is 0.323 e. The van der Waals surface area contributed by atoms with Gasteiger partial charge in [0.25, 0.3) is 0 Å². The zero-order valence-corrected chi connectivity index (χ0v) is 12.0. The van der Waals surface area contributed by atoms with Crippen molar-refractivity contribution in [2.75, 3.05) is 24.3 Å². The molecule has 2 aromatic rings. The van der Waals surface area contributed by atoms with Gasteiger partial charge in [0.15, 0.2) is 0 Å². The molecule has 0 spiro atoms. The lowest BCUT2D eigenvalue weighted by Gasteiger charge is -2.13. The van der Waals surface area contributed by atoms with Gasteiger partial charge in [-0.15, -0.1) is 11.3 Å². The van der Waals surface area contributed by atoms with E-state index in [-0.39, 0.29) is 6.04 Å². The average molecular weight is 279 g/mol. The SMILES string of the molecule is CCOc1nc(NC)nc(NC(C)c2cccs2)n1. The Balaban J connectivity index is 2.16. The van der Waals surface area contributed by atoms with E-state index in [9.17, 15) is 0 Å². The van der Waals surface area contributed by atoms with Gasteiger partial charge in [0, 0.05) is 11.9 Å². The Labute approximate surface area is 116 Å². The number of nitrogens with zero attached hydrogens (tertiary/aromatic N) is 3. The third kappa shape index (κ3) is 3.54. The molecule has 6 nitrogen and oxygen atoms in total. The number of hydrogen-bond acceptors (Lipinski definition) is 7. The fraction of sp³-hybridized carbons (Fsp3) is 0.417. The minimum absolute atomic E-state index is 0.140. The zero-order valence-electron chi connectivity index (χ0n) is 11.2. The molecule has 2 aromatic heterocycles. The lowest BCUT2D eigenvalue weighted by atomic mass is 10.3. The van der Waals surface area contributed by atoms with E-state index in [1.807, 2.05) is 18.4 Å². The fourth-order valence-corrected chi connectivity index (χ4v) is 2.26. The summed E-state index contributed by atoms with van der Waals surface area (Å²) in [4.78, 5) is 13.8. The van der Waals surface area contributed by atoms with E-state index in [1.54, 1.807) is 18.4 Å². The molecule has 1 atom stereocenters. The molecule has 0 aliphatic rings. The first-order valence-corrected chi connectivity index (χ1v) is 6.97. The van der Waals surface area contributed by atoms with Gasteiger partial charge < -0.3 is 15.4 Å². The van der Waals surface area contributed by atoms with Crippen molar-refractivity contribution in [2.45, 2.75) is 19.9 Å². The van der Waals surface area contributed by atoms with Gasteiger partial charge in [-0.3, -0.25) is 0 Å². The van der Waals surface area contributed by atoms with Crippen LogP contribution in [0.25, 0.3) is 0 Å². The van der Waals surface area contributed by atoms with Crippen molar-refractivity contribution in [1.82, 2.24) is 15.0 Å². The molecule has 0 aromatic carbocycles. The normalized spacial score (nSPS) is 11.9. The van der Waals surface area contributed by atoms with Gasteiger partial charge in [-0.2, -0.15) is 15.0 Å². The van der Waals surface area contributed by atoms with Crippen molar-refractivity contribution in [3.05, 3.63) is 22.4 Å². The van der Waals surface area contributed by atoms with Crippen molar-refractivity contribution in [1.29, 1.82) is 0 Å². The molecule has 0 saturated heterocycles. The first-order valence-electron chi connectivity index (χ1n) is 6.09. The van der Waals surface area contributed by atoms with Gasteiger partial charge in [0.2, 0.25) is 11.9 Å². The maximum absolute atomic E-state index is 5.32. The highest BCUT2D eigenvalue weighted by atomic mass is 32.1. The Hall–Kier alpha value is -1.89. The predicted octanol–water partition coefficient (Wildman–Crippen LogP) is 2.55. The number of ether oxygens (including phenoxy) is 1. The molecular formula is C12H17N5OS. The molecule has 102 valence electrons. The Kier molecular flexibility index (Phi) is 4.51. The van der Waals surface area contributed by atoms with Crippen molar-refractivity contribution in [3.8, 4) is 6.01 Å². The van der Waals surface area contributed by atoms with E-state index in [1.165, 1.54) is 4.88 Å². The Morgan fingerprint density at radius 2 is 2.11 bits per heavy atom. The summed E-state index contributed by atoms with van der Waals surface area (Å²) in [5.74, 6) is 0.989. The molecule has 2 N–H and O–H groups in total. The maximum atomic E-state index is 5.32. The summed E-state index contributed by atoms with van der Waals surface area (Å²) in [7, 11) is 1.76. The summed E-state index contributed by atoms with van der Waals surface area (Å²) in [6.45, 7) is 4.48. The quantitative estimate of drug-likeness (QED) is 0.846. The molecular weight excluding hydrogens is 262 g/mol. The molecule has 0 aliphatic carbocycles. The average Bonchev–Trinajstić information content (AvgIpc) is 2.92. The second-order valence-electron chi connectivity index (χ2n) is 3.83. The first kappa shape index (κ1) is 13.5. The Bertz CT molecular complexity index is 517. The van der Waals surface area contributed by atoms with Crippen molar-refractivity contribution < 1.29 is 4.74 Å². The second kappa shape index (κ2) is 6.33. The minimum Gasteiger partial charge on any atom is -0.464 e. The van der Waals surface area contributed by atoms with Crippen LogP contribution in [0.4, 0.5) is 11.9 Å². The predicted molar refractivity (Wildman–Crippen MR) is 76.9 cm³/mol. The van der Waals surface area contributed by atoms with Crippen LogP contribution in [-0.4, -0.2) is 28.6 Å². The standard InChI is InChI=1S/C12H17N5OS/c1-4-18-12-16-10(13-3)15-11(17-12)14-8(2)9-6-5-7-19-9/h5-8H,4H2,1-3H3,(H2,13,14,15,16,17). The van der Waals surface area contributed by atoms with E-state index in [2.05, 4.69) is 38.6 Å². The van der Waals surface area contributed by atoms with Gasteiger partial charge >= 0.3 is 6.01 Å². The largest absolute Gasteiger partial charge is 0.464 e. The molecule has 0 amide bonds. The Morgan fingerprint density at radius 3 is 2.74 bits per heavy atom. The third-order valence-electron chi connectivity index (χ3n) is 2.43.